The van der Waals surface area contributed by atoms with E-state index in [0.29, 0.717) is 19.0 Å². The van der Waals surface area contributed by atoms with Crippen LogP contribution in [0.3, 0.4) is 0 Å². The quantitative estimate of drug-likeness (QED) is 0.837. The Balaban J connectivity index is 1.11. The van der Waals surface area contributed by atoms with Crippen LogP contribution >= 0.6 is 0 Å². The molecule has 0 atom stereocenters. The number of carbonyl (C=O) groups is 1. The van der Waals surface area contributed by atoms with Gasteiger partial charge in [-0.2, -0.15) is 0 Å². The van der Waals surface area contributed by atoms with E-state index in [1.54, 1.807) is 0 Å². The Morgan fingerprint density at radius 3 is 2.29 bits per heavy atom. The van der Waals surface area contributed by atoms with Gasteiger partial charge in [0.1, 0.15) is 11.9 Å². The molecule has 0 radical (unpaired) electrons. The summed E-state index contributed by atoms with van der Waals surface area (Å²) in [6, 6.07) is 20.5. The fraction of sp³-hybridized carbons (Fsp3) is 0.435. The van der Waals surface area contributed by atoms with Crippen LogP contribution in [-0.4, -0.2) is 54.7 Å². The molecule has 28 heavy (non-hydrogen) atoms. The first kappa shape index (κ1) is 18.8. The number of benzene rings is 2. The minimum Gasteiger partial charge on any atom is -0.487 e. The molecule has 0 aromatic heterocycles. The molecule has 5 nitrogen and oxygen atoms in total. The highest BCUT2D eigenvalue weighted by atomic mass is 16.5. The van der Waals surface area contributed by atoms with E-state index in [-0.39, 0.29) is 12.1 Å². The lowest BCUT2D eigenvalue weighted by Gasteiger charge is -2.39. The van der Waals surface area contributed by atoms with Crippen molar-refractivity contribution in [2.45, 2.75) is 25.5 Å². The summed E-state index contributed by atoms with van der Waals surface area (Å²) < 4.78 is 5.86. The first-order chi connectivity index (χ1) is 13.8. The summed E-state index contributed by atoms with van der Waals surface area (Å²) in [4.78, 5) is 16.7. The molecule has 2 aromatic rings. The Hall–Kier alpha value is -2.53. The van der Waals surface area contributed by atoms with Crippen LogP contribution in [0.4, 0.5) is 4.79 Å². The van der Waals surface area contributed by atoms with Gasteiger partial charge in [-0.3, -0.25) is 4.90 Å². The number of rotatable bonds is 6. The molecule has 0 bridgehead atoms. The maximum atomic E-state index is 12.3. The normalized spacial score (nSPS) is 18.5. The van der Waals surface area contributed by atoms with Crippen molar-refractivity contribution in [3.8, 4) is 5.75 Å². The Bertz CT molecular complexity index is 739. The lowest BCUT2D eigenvalue weighted by atomic mass is 9.96. The zero-order valence-electron chi connectivity index (χ0n) is 16.3. The molecule has 5 heteroatoms. The van der Waals surface area contributed by atoms with Gasteiger partial charge in [0.05, 0.1) is 13.1 Å². The van der Waals surface area contributed by atoms with E-state index in [1.165, 1.54) is 5.56 Å². The highest BCUT2D eigenvalue weighted by molar-refractivity contribution is 5.75. The first-order valence-corrected chi connectivity index (χ1v) is 10.3. The second-order valence-corrected chi connectivity index (χ2v) is 7.85. The largest absolute Gasteiger partial charge is 0.487 e. The van der Waals surface area contributed by atoms with Gasteiger partial charge in [0.25, 0.3) is 0 Å². The zero-order valence-corrected chi connectivity index (χ0v) is 16.3. The van der Waals surface area contributed by atoms with Gasteiger partial charge >= 0.3 is 6.03 Å². The fourth-order valence-electron chi connectivity index (χ4n) is 3.90. The molecule has 4 rings (SSSR count). The third-order valence-electron chi connectivity index (χ3n) is 5.68. The molecule has 0 saturated carbocycles. The van der Waals surface area contributed by atoms with Crippen molar-refractivity contribution >= 4 is 6.03 Å². The number of carbonyl (C=O) groups excluding carboxylic acids is 1. The summed E-state index contributed by atoms with van der Waals surface area (Å²) in [5.41, 5.74) is 1.37. The molecule has 2 heterocycles. The van der Waals surface area contributed by atoms with Crippen LogP contribution in [0, 0.1) is 5.92 Å². The second kappa shape index (κ2) is 9.11. The van der Waals surface area contributed by atoms with E-state index in [1.807, 2.05) is 35.2 Å². The molecular formula is C23H29N3O2. The standard InChI is InChI=1S/C23H29N3O2/c27-23(26-17-22(18-26)28-21-9-5-2-6-10-21)24-15-19-11-13-25(14-12-19)16-20-7-3-1-4-8-20/h1-10,19,22H,11-18H2,(H,24,27). The Labute approximate surface area is 167 Å². The zero-order chi connectivity index (χ0) is 19.2. The summed E-state index contributed by atoms with van der Waals surface area (Å²) in [7, 11) is 0. The monoisotopic (exact) mass is 379 g/mol. The molecule has 2 aliphatic heterocycles. The van der Waals surface area contributed by atoms with Crippen LogP contribution in [0.15, 0.2) is 60.7 Å². The van der Waals surface area contributed by atoms with Gasteiger partial charge in [-0.1, -0.05) is 48.5 Å². The molecule has 2 fully saturated rings. The lowest BCUT2D eigenvalue weighted by Crippen LogP contribution is -2.59. The SMILES string of the molecule is O=C(NCC1CCN(Cc2ccccc2)CC1)N1CC(Oc2ccccc2)C1. The fourth-order valence-corrected chi connectivity index (χ4v) is 3.90. The lowest BCUT2D eigenvalue weighted by molar-refractivity contribution is 0.0437. The van der Waals surface area contributed by atoms with E-state index in [0.717, 1.165) is 44.8 Å². The van der Waals surface area contributed by atoms with E-state index >= 15 is 0 Å². The molecule has 0 unspecified atom stereocenters. The second-order valence-electron chi connectivity index (χ2n) is 7.85. The van der Waals surface area contributed by atoms with Crippen molar-refractivity contribution in [2.24, 2.45) is 5.92 Å². The van der Waals surface area contributed by atoms with Crippen molar-refractivity contribution in [1.82, 2.24) is 15.1 Å². The molecule has 2 saturated heterocycles. The van der Waals surface area contributed by atoms with Gasteiger partial charge < -0.3 is 15.0 Å². The van der Waals surface area contributed by atoms with Gasteiger partial charge in [-0.05, 0) is 49.5 Å². The number of nitrogens with one attached hydrogen (secondary N) is 1. The minimum absolute atomic E-state index is 0.0413. The van der Waals surface area contributed by atoms with Crippen LogP contribution in [0.2, 0.25) is 0 Å². The topological polar surface area (TPSA) is 44.8 Å². The van der Waals surface area contributed by atoms with E-state index < -0.39 is 0 Å². The molecule has 148 valence electrons. The number of hydrogen-bond acceptors (Lipinski definition) is 3. The third kappa shape index (κ3) is 5.04. The van der Waals surface area contributed by atoms with E-state index in [9.17, 15) is 4.79 Å². The minimum atomic E-state index is 0.0413. The molecule has 2 aliphatic rings. The highest BCUT2D eigenvalue weighted by Crippen LogP contribution is 2.20. The van der Waals surface area contributed by atoms with Gasteiger partial charge in [0.15, 0.2) is 0 Å². The maximum Gasteiger partial charge on any atom is 0.317 e. The Kier molecular flexibility index (Phi) is 6.12. The van der Waals surface area contributed by atoms with E-state index in [4.69, 9.17) is 4.74 Å². The van der Waals surface area contributed by atoms with Crippen molar-refractivity contribution in [3.05, 3.63) is 66.2 Å². The summed E-state index contributed by atoms with van der Waals surface area (Å²) in [6.07, 6.45) is 2.40. The third-order valence-corrected chi connectivity index (χ3v) is 5.68. The summed E-state index contributed by atoms with van der Waals surface area (Å²) in [6.45, 7) is 5.33. The maximum absolute atomic E-state index is 12.3. The van der Waals surface area contributed by atoms with Crippen molar-refractivity contribution in [3.63, 3.8) is 0 Å². The van der Waals surface area contributed by atoms with Crippen LogP contribution < -0.4 is 10.1 Å². The van der Waals surface area contributed by atoms with Gasteiger partial charge in [-0.25, -0.2) is 4.79 Å². The summed E-state index contributed by atoms with van der Waals surface area (Å²) >= 11 is 0. The van der Waals surface area contributed by atoms with Crippen molar-refractivity contribution in [2.75, 3.05) is 32.7 Å². The summed E-state index contributed by atoms with van der Waals surface area (Å²) in [5, 5.41) is 3.12. The number of para-hydroxylation sites is 1. The van der Waals surface area contributed by atoms with Crippen LogP contribution in [0.1, 0.15) is 18.4 Å². The van der Waals surface area contributed by atoms with Crippen molar-refractivity contribution in [1.29, 1.82) is 0 Å². The summed E-state index contributed by atoms with van der Waals surface area (Å²) in [5.74, 6) is 1.45. The number of urea groups is 1. The van der Waals surface area contributed by atoms with Gasteiger partial charge in [-0.15, -0.1) is 0 Å². The number of ether oxygens (including phenoxy) is 1. The number of likely N-dealkylation sites (tertiary alicyclic amines) is 2. The van der Waals surface area contributed by atoms with Crippen LogP contribution in [0.25, 0.3) is 0 Å². The Morgan fingerprint density at radius 2 is 1.61 bits per heavy atom. The number of piperidine rings is 1. The van der Waals surface area contributed by atoms with Gasteiger partial charge in [0, 0.05) is 13.1 Å². The molecule has 0 spiro atoms. The predicted octanol–water partition coefficient (Wildman–Crippen LogP) is 3.37. The van der Waals surface area contributed by atoms with Crippen LogP contribution in [-0.2, 0) is 6.54 Å². The number of hydrogen-bond donors (Lipinski definition) is 1. The Morgan fingerprint density at radius 1 is 0.964 bits per heavy atom. The molecule has 2 amide bonds. The first-order valence-electron chi connectivity index (χ1n) is 10.3. The van der Waals surface area contributed by atoms with Crippen molar-refractivity contribution < 1.29 is 9.53 Å². The molecule has 0 aliphatic carbocycles. The predicted molar refractivity (Wildman–Crippen MR) is 110 cm³/mol. The highest BCUT2D eigenvalue weighted by Gasteiger charge is 2.32. The van der Waals surface area contributed by atoms with E-state index in [2.05, 4.69) is 40.5 Å². The number of amides is 2. The molecule has 2 aromatic carbocycles. The molecular weight excluding hydrogens is 350 g/mol. The average molecular weight is 380 g/mol. The average Bonchev–Trinajstić information content (AvgIpc) is 2.71. The molecule has 1 N–H and O–H groups in total. The van der Waals surface area contributed by atoms with Gasteiger partial charge in [0.2, 0.25) is 0 Å². The smallest absolute Gasteiger partial charge is 0.317 e. The van der Waals surface area contributed by atoms with Crippen LogP contribution in [0.5, 0.6) is 5.75 Å². The number of nitrogens with zero attached hydrogens (tertiary/aromatic N) is 2.